The zero-order chi connectivity index (χ0) is 11.9. The SMILES string of the molecule is CN1CCC(NCCCCn2ccnc2)CC1. The molecule has 2 rings (SSSR count). The van der Waals surface area contributed by atoms with Gasteiger partial charge in [0.2, 0.25) is 0 Å². The maximum absolute atomic E-state index is 4.04. The lowest BCUT2D eigenvalue weighted by atomic mass is 10.1. The summed E-state index contributed by atoms with van der Waals surface area (Å²) in [5.74, 6) is 0. The van der Waals surface area contributed by atoms with Crippen LogP contribution in [-0.4, -0.2) is 47.2 Å². The van der Waals surface area contributed by atoms with Gasteiger partial charge >= 0.3 is 0 Å². The van der Waals surface area contributed by atoms with Gasteiger partial charge in [-0.05, 0) is 52.4 Å². The topological polar surface area (TPSA) is 33.1 Å². The first-order chi connectivity index (χ1) is 8.34. The predicted octanol–water partition coefficient (Wildman–Crippen LogP) is 1.35. The second-order valence-electron chi connectivity index (χ2n) is 5.04. The molecule has 17 heavy (non-hydrogen) atoms. The zero-order valence-electron chi connectivity index (χ0n) is 10.8. The van der Waals surface area contributed by atoms with E-state index in [0.29, 0.717) is 0 Å². The number of rotatable bonds is 6. The molecule has 1 fully saturated rings. The minimum Gasteiger partial charge on any atom is -0.337 e. The van der Waals surface area contributed by atoms with Crippen molar-refractivity contribution in [2.24, 2.45) is 0 Å². The van der Waals surface area contributed by atoms with E-state index in [1.165, 1.54) is 38.8 Å². The molecule has 0 amide bonds. The number of hydrogen-bond donors (Lipinski definition) is 1. The minimum absolute atomic E-state index is 0.749. The summed E-state index contributed by atoms with van der Waals surface area (Å²) in [6, 6.07) is 0.749. The van der Waals surface area contributed by atoms with Crippen molar-refractivity contribution in [2.75, 3.05) is 26.7 Å². The van der Waals surface area contributed by atoms with Crippen molar-refractivity contribution in [3.8, 4) is 0 Å². The van der Waals surface area contributed by atoms with Crippen molar-refractivity contribution in [1.82, 2.24) is 19.8 Å². The number of imidazole rings is 1. The number of nitrogens with zero attached hydrogens (tertiary/aromatic N) is 3. The van der Waals surface area contributed by atoms with Crippen molar-refractivity contribution >= 4 is 0 Å². The first-order valence-electron chi connectivity index (χ1n) is 6.72. The highest BCUT2D eigenvalue weighted by Gasteiger charge is 2.15. The summed E-state index contributed by atoms with van der Waals surface area (Å²) >= 11 is 0. The molecular formula is C13H24N4. The Bertz CT molecular complexity index is 288. The molecule has 0 atom stereocenters. The second-order valence-corrected chi connectivity index (χ2v) is 5.04. The molecule has 1 aromatic rings. The van der Waals surface area contributed by atoms with E-state index < -0.39 is 0 Å². The van der Waals surface area contributed by atoms with Crippen LogP contribution >= 0.6 is 0 Å². The molecule has 0 spiro atoms. The summed E-state index contributed by atoms with van der Waals surface area (Å²) in [6.45, 7) is 4.73. The minimum atomic E-state index is 0.749. The Labute approximate surface area is 104 Å². The first kappa shape index (κ1) is 12.6. The lowest BCUT2D eigenvalue weighted by molar-refractivity contribution is 0.234. The van der Waals surface area contributed by atoms with E-state index in [2.05, 4.69) is 26.8 Å². The molecule has 0 aromatic carbocycles. The fourth-order valence-electron chi connectivity index (χ4n) is 2.36. The van der Waals surface area contributed by atoms with Gasteiger partial charge < -0.3 is 14.8 Å². The van der Waals surface area contributed by atoms with Crippen molar-refractivity contribution < 1.29 is 0 Å². The molecule has 1 N–H and O–H groups in total. The molecule has 1 aliphatic heterocycles. The van der Waals surface area contributed by atoms with Crippen molar-refractivity contribution in [3.63, 3.8) is 0 Å². The number of likely N-dealkylation sites (tertiary alicyclic amines) is 1. The van der Waals surface area contributed by atoms with E-state index in [1.54, 1.807) is 0 Å². The summed E-state index contributed by atoms with van der Waals surface area (Å²) < 4.78 is 2.15. The van der Waals surface area contributed by atoms with Gasteiger partial charge in [0.25, 0.3) is 0 Å². The van der Waals surface area contributed by atoms with Gasteiger partial charge in [-0.25, -0.2) is 4.98 Å². The molecule has 1 saturated heterocycles. The normalized spacial score (nSPS) is 18.6. The van der Waals surface area contributed by atoms with E-state index in [4.69, 9.17) is 0 Å². The largest absolute Gasteiger partial charge is 0.337 e. The monoisotopic (exact) mass is 236 g/mol. The van der Waals surface area contributed by atoms with Gasteiger partial charge in [0, 0.05) is 25.0 Å². The van der Waals surface area contributed by atoms with E-state index in [0.717, 1.165) is 19.1 Å². The molecule has 1 aromatic heterocycles. The standard InChI is InChI=1S/C13H24N4/c1-16-9-4-13(5-10-16)15-6-2-3-8-17-11-7-14-12-17/h7,11-13,15H,2-6,8-10H2,1H3. The van der Waals surface area contributed by atoms with Gasteiger partial charge in [0.1, 0.15) is 0 Å². The predicted molar refractivity (Wildman–Crippen MR) is 70.0 cm³/mol. The van der Waals surface area contributed by atoms with Crippen LogP contribution in [0.2, 0.25) is 0 Å². The second kappa shape index (κ2) is 6.77. The number of piperidine rings is 1. The third-order valence-electron chi connectivity index (χ3n) is 3.55. The summed E-state index contributed by atoms with van der Waals surface area (Å²) in [6.07, 6.45) is 10.9. The van der Waals surface area contributed by atoms with Crippen molar-refractivity contribution in [2.45, 2.75) is 38.3 Å². The van der Waals surface area contributed by atoms with Crippen molar-refractivity contribution in [3.05, 3.63) is 18.7 Å². The van der Waals surface area contributed by atoms with Gasteiger partial charge in [0.05, 0.1) is 6.33 Å². The van der Waals surface area contributed by atoms with Gasteiger partial charge in [-0.15, -0.1) is 0 Å². The van der Waals surface area contributed by atoms with Crippen LogP contribution in [0.5, 0.6) is 0 Å². The molecule has 96 valence electrons. The van der Waals surface area contributed by atoms with Crippen LogP contribution in [0, 0.1) is 0 Å². The fraction of sp³-hybridized carbons (Fsp3) is 0.769. The maximum atomic E-state index is 4.04. The fourth-order valence-corrected chi connectivity index (χ4v) is 2.36. The van der Waals surface area contributed by atoms with Gasteiger partial charge in [-0.2, -0.15) is 0 Å². The van der Waals surface area contributed by atoms with Crippen LogP contribution in [0.1, 0.15) is 25.7 Å². The molecule has 4 heteroatoms. The van der Waals surface area contributed by atoms with Crippen LogP contribution in [0.15, 0.2) is 18.7 Å². The Hall–Kier alpha value is -0.870. The average molecular weight is 236 g/mol. The molecule has 0 unspecified atom stereocenters. The number of nitrogens with one attached hydrogen (secondary N) is 1. The maximum Gasteiger partial charge on any atom is 0.0945 e. The Morgan fingerprint density at radius 2 is 2.12 bits per heavy atom. The zero-order valence-corrected chi connectivity index (χ0v) is 10.8. The smallest absolute Gasteiger partial charge is 0.0945 e. The molecule has 1 aliphatic rings. The number of aryl methyl sites for hydroxylation is 1. The molecule has 0 aliphatic carbocycles. The molecular weight excluding hydrogens is 212 g/mol. The lowest BCUT2D eigenvalue weighted by Gasteiger charge is -2.29. The number of unbranched alkanes of at least 4 members (excludes halogenated alkanes) is 1. The Balaban J connectivity index is 1.49. The van der Waals surface area contributed by atoms with E-state index >= 15 is 0 Å². The highest BCUT2D eigenvalue weighted by atomic mass is 15.1. The van der Waals surface area contributed by atoms with Gasteiger partial charge in [0.15, 0.2) is 0 Å². The highest BCUT2D eigenvalue weighted by molar-refractivity contribution is 4.76. The van der Waals surface area contributed by atoms with Crippen LogP contribution in [0.25, 0.3) is 0 Å². The van der Waals surface area contributed by atoms with Crippen LogP contribution in [0.4, 0.5) is 0 Å². The summed E-state index contributed by atoms with van der Waals surface area (Å²) in [5, 5.41) is 3.67. The van der Waals surface area contributed by atoms with E-state index in [9.17, 15) is 0 Å². The number of hydrogen-bond acceptors (Lipinski definition) is 3. The summed E-state index contributed by atoms with van der Waals surface area (Å²) in [4.78, 5) is 6.46. The van der Waals surface area contributed by atoms with E-state index in [-0.39, 0.29) is 0 Å². The molecule has 0 radical (unpaired) electrons. The number of aromatic nitrogens is 2. The third-order valence-corrected chi connectivity index (χ3v) is 3.55. The van der Waals surface area contributed by atoms with Gasteiger partial charge in [-0.3, -0.25) is 0 Å². The highest BCUT2D eigenvalue weighted by Crippen LogP contribution is 2.08. The molecule has 0 saturated carbocycles. The average Bonchev–Trinajstić information content (AvgIpc) is 2.84. The van der Waals surface area contributed by atoms with Crippen molar-refractivity contribution in [1.29, 1.82) is 0 Å². The molecule has 4 nitrogen and oxygen atoms in total. The Kier molecular flexibility index (Phi) is 5.01. The van der Waals surface area contributed by atoms with Crippen LogP contribution in [0.3, 0.4) is 0 Å². The Morgan fingerprint density at radius 1 is 1.29 bits per heavy atom. The molecule has 0 bridgehead atoms. The van der Waals surface area contributed by atoms with E-state index in [1.807, 2.05) is 18.7 Å². The summed E-state index contributed by atoms with van der Waals surface area (Å²) in [7, 11) is 2.21. The quantitative estimate of drug-likeness (QED) is 0.757. The Morgan fingerprint density at radius 3 is 2.82 bits per heavy atom. The lowest BCUT2D eigenvalue weighted by Crippen LogP contribution is -2.41. The molecule has 2 heterocycles. The third kappa shape index (κ3) is 4.48. The van der Waals surface area contributed by atoms with Crippen LogP contribution in [-0.2, 0) is 6.54 Å². The van der Waals surface area contributed by atoms with Crippen LogP contribution < -0.4 is 5.32 Å². The first-order valence-corrected chi connectivity index (χ1v) is 6.72. The van der Waals surface area contributed by atoms with Gasteiger partial charge in [-0.1, -0.05) is 0 Å². The summed E-state index contributed by atoms with van der Waals surface area (Å²) in [5.41, 5.74) is 0.